The van der Waals surface area contributed by atoms with Crippen LogP contribution in [0.1, 0.15) is 53.4 Å². The molecule has 2 saturated heterocycles. The van der Waals surface area contributed by atoms with Gasteiger partial charge >= 0.3 is 0 Å². The summed E-state index contributed by atoms with van der Waals surface area (Å²) in [5, 5.41) is 23.0. The molecule has 2 fully saturated rings. The van der Waals surface area contributed by atoms with Crippen LogP contribution in [0.4, 0.5) is 0 Å². The number of hydrogen-bond acceptors (Lipinski definition) is 4. The van der Waals surface area contributed by atoms with Crippen LogP contribution in [-0.2, 0) is 9.59 Å². The number of hydrogen-bond donors (Lipinski definition) is 4. The molecule has 2 aliphatic heterocycles. The van der Waals surface area contributed by atoms with E-state index in [4.69, 9.17) is 10.2 Å². The van der Waals surface area contributed by atoms with Gasteiger partial charge in [0, 0.05) is 36.1 Å². The monoisotopic (exact) mass is 314 g/mol. The van der Waals surface area contributed by atoms with E-state index in [0.717, 1.165) is 12.8 Å². The zero-order valence-corrected chi connectivity index (χ0v) is 14.1. The van der Waals surface area contributed by atoms with Gasteiger partial charge in [-0.05, 0) is 53.4 Å². The van der Waals surface area contributed by atoms with Gasteiger partial charge in [0.25, 0.3) is 0 Å². The van der Waals surface area contributed by atoms with Crippen molar-refractivity contribution in [1.29, 1.82) is 0 Å². The number of carbonyl (C=O) groups excluding carboxylic acids is 2. The lowest BCUT2D eigenvalue weighted by molar-refractivity contribution is -0.124. The highest BCUT2D eigenvalue weighted by atomic mass is 16.3. The average molecular weight is 314 g/mol. The molecule has 0 aromatic rings. The van der Waals surface area contributed by atoms with Crippen molar-refractivity contribution in [3.8, 4) is 0 Å². The summed E-state index contributed by atoms with van der Waals surface area (Å²) in [7, 11) is 0. The van der Waals surface area contributed by atoms with Crippen LogP contribution in [0.3, 0.4) is 0 Å². The lowest BCUT2D eigenvalue weighted by Crippen LogP contribution is -2.34. The molecule has 6 nitrogen and oxygen atoms in total. The van der Waals surface area contributed by atoms with Crippen molar-refractivity contribution >= 4 is 11.8 Å². The van der Waals surface area contributed by atoms with Gasteiger partial charge in [-0.3, -0.25) is 9.59 Å². The quantitative estimate of drug-likeness (QED) is 0.609. The first-order valence-electron chi connectivity index (χ1n) is 7.96. The maximum atomic E-state index is 11.2. The summed E-state index contributed by atoms with van der Waals surface area (Å²) in [6.07, 6.45) is 2.86. The largest absolute Gasteiger partial charge is 0.396 e. The van der Waals surface area contributed by atoms with E-state index >= 15 is 0 Å². The van der Waals surface area contributed by atoms with Crippen LogP contribution in [0, 0.1) is 11.8 Å². The molecule has 2 rings (SSSR count). The van der Waals surface area contributed by atoms with Crippen molar-refractivity contribution in [2.24, 2.45) is 11.8 Å². The molecule has 2 aliphatic rings. The Kier molecular flexibility index (Phi) is 6.38. The lowest BCUT2D eigenvalue weighted by Gasteiger charge is -2.16. The second kappa shape index (κ2) is 7.42. The SMILES string of the molecule is CC1(C)C[C@H](CCO)C(=O)N1.CC1(C)C[C@H](CCO)C(=O)N1. The van der Waals surface area contributed by atoms with Crippen molar-refractivity contribution in [2.75, 3.05) is 13.2 Å². The molecule has 2 atom stereocenters. The van der Waals surface area contributed by atoms with Gasteiger partial charge < -0.3 is 20.8 Å². The first-order chi connectivity index (χ1) is 10.1. The van der Waals surface area contributed by atoms with Crippen molar-refractivity contribution in [2.45, 2.75) is 64.5 Å². The Morgan fingerprint density at radius 3 is 1.36 bits per heavy atom. The van der Waals surface area contributed by atoms with Gasteiger partial charge in [0.15, 0.2) is 0 Å². The number of carbonyl (C=O) groups is 2. The third kappa shape index (κ3) is 5.57. The molecule has 0 bridgehead atoms. The average Bonchev–Trinajstić information content (AvgIpc) is 2.76. The van der Waals surface area contributed by atoms with Crippen molar-refractivity contribution in [1.82, 2.24) is 10.6 Å². The fraction of sp³-hybridized carbons (Fsp3) is 0.875. The summed E-state index contributed by atoms with van der Waals surface area (Å²) >= 11 is 0. The smallest absolute Gasteiger partial charge is 0.223 e. The van der Waals surface area contributed by atoms with Crippen molar-refractivity contribution in [3.63, 3.8) is 0 Å². The first-order valence-corrected chi connectivity index (χ1v) is 7.96. The molecule has 0 aromatic carbocycles. The van der Waals surface area contributed by atoms with Crippen LogP contribution in [0.2, 0.25) is 0 Å². The molecule has 22 heavy (non-hydrogen) atoms. The van der Waals surface area contributed by atoms with E-state index in [1.807, 2.05) is 27.7 Å². The van der Waals surface area contributed by atoms with E-state index in [2.05, 4.69) is 10.6 Å². The minimum Gasteiger partial charge on any atom is -0.396 e. The predicted molar refractivity (Wildman–Crippen MR) is 84.1 cm³/mol. The third-order valence-electron chi connectivity index (χ3n) is 4.13. The fourth-order valence-corrected chi connectivity index (χ4v) is 3.17. The van der Waals surface area contributed by atoms with Crippen LogP contribution in [0.5, 0.6) is 0 Å². The normalized spacial score (nSPS) is 28.6. The van der Waals surface area contributed by atoms with Gasteiger partial charge in [-0.15, -0.1) is 0 Å². The van der Waals surface area contributed by atoms with Gasteiger partial charge in [0.05, 0.1) is 0 Å². The van der Waals surface area contributed by atoms with E-state index in [-0.39, 0.29) is 47.9 Å². The number of aliphatic hydroxyl groups excluding tert-OH is 2. The highest BCUT2D eigenvalue weighted by Gasteiger charge is 2.37. The Labute approximate surface area is 132 Å². The summed E-state index contributed by atoms with van der Waals surface area (Å²) in [6.45, 7) is 8.22. The minimum atomic E-state index is -0.0725. The Morgan fingerprint density at radius 1 is 0.864 bits per heavy atom. The predicted octanol–water partition coefficient (Wildman–Crippen LogP) is 0.567. The summed E-state index contributed by atoms with van der Waals surface area (Å²) in [4.78, 5) is 22.3. The van der Waals surface area contributed by atoms with Crippen molar-refractivity contribution < 1.29 is 19.8 Å². The molecule has 128 valence electrons. The summed E-state index contributed by atoms with van der Waals surface area (Å²) < 4.78 is 0. The van der Waals surface area contributed by atoms with E-state index < -0.39 is 0 Å². The molecule has 6 heteroatoms. The van der Waals surface area contributed by atoms with Gasteiger partial charge in [0.2, 0.25) is 11.8 Å². The first kappa shape index (κ1) is 18.9. The molecule has 0 aromatic heterocycles. The molecule has 0 saturated carbocycles. The molecule has 2 amide bonds. The zero-order chi connectivity index (χ0) is 17.0. The number of nitrogens with one attached hydrogen (secondary N) is 2. The zero-order valence-electron chi connectivity index (χ0n) is 14.1. The van der Waals surface area contributed by atoms with Crippen LogP contribution < -0.4 is 10.6 Å². The van der Waals surface area contributed by atoms with Crippen LogP contribution in [-0.4, -0.2) is 46.3 Å². The van der Waals surface area contributed by atoms with E-state index in [1.165, 1.54) is 0 Å². The third-order valence-corrected chi connectivity index (χ3v) is 4.13. The fourth-order valence-electron chi connectivity index (χ4n) is 3.17. The second-order valence-electron chi connectivity index (χ2n) is 7.57. The molecule has 0 radical (unpaired) electrons. The van der Waals surface area contributed by atoms with Gasteiger partial charge in [0.1, 0.15) is 0 Å². The lowest BCUT2D eigenvalue weighted by atomic mass is 9.95. The van der Waals surface area contributed by atoms with Gasteiger partial charge in [-0.2, -0.15) is 0 Å². The van der Waals surface area contributed by atoms with Crippen LogP contribution in [0.15, 0.2) is 0 Å². The van der Waals surface area contributed by atoms with Crippen LogP contribution in [0.25, 0.3) is 0 Å². The Hall–Kier alpha value is -1.14. The van der Waals surface area contributed by atoms with Gasteiger partial charge in [-0.25, -0.2) is 0 Å². The Bertz CT molecular complexity index is 369. The van der Waals surface area contributed by atoms with Crippen LogP contribution >= 0.6 is 0 Å². The molecular weight excluding hydrogens is 284 g/mol. The second-order valence-corrected chi connectivity index (χ2v) is 7.57. The summed E-state index contributed by atoms with van der Waals surface area (Å²) in [5.41, 5.74) is -0.145. The number of rotatable bonds is 4. The Morgan fingerprint density at radius 2 is 1.18 bits per heavy atom. The van der Waals surface area contributed by atoms with E-state index in [1.54, 1.807) is 0 Å². The maximum absolute atomic E-state index is 11.2. The molecule has 0 spiro atoms. The maximum Gasteiger partial charge on any atom is 0.223 e. The van der Waals surface area contributed by atoms with Crippen molar-refractivity contribution in [3.05, 3.63) is 0 Å². The molecule has 4 N–H and O–H groups in total. The highest BCUT2D eigenvalue weighted by Crippen LogP contribution is 2.26. The highest BCUT2D eigenvalue weighted by molar-refractivity contribution is 5.82. The topological polar surface area (TPSA) is 98.7 Å². The van der Waals surface area contributed by atoms with E-state index in [9.17, 15) is 9.59 Å². The summed E-state index contributed by atoms with van der Waals surface area (Å²) in [6, 6.07) is 0. The molecular formula is C16H30N2O4. The molecule has 2 heterocycles. The van der Waals surface area contributed by atoms with E-state index in [0.29, 0.717) is 12.8 Å². The standard InChI is InChI=1S/2C8H15NO2/c2*1-8(2)5-6(3-4-10)7(11)9-8/h2*6,10H,3-5H2,1-2H3,(H,9,11)/t2*6-/m00/s1. The Balaban J connectivity index is 0.000000220. The van der Waals surface area contributed by atoms with Gasteiger partial charge in [-0.1, -0.05) is 0 Å². The minimum absolute atomic E-state index is 0.0231. The molecule has 0 aliphatic carbocycles. The summed E-state index contributed by atoms with van der Waals surface area (Å²) in [5.74, 6) is 0.220. The number of amides is 2. The molecule has 0 unspecified atom stereocenters. The number of aliphatic hydroxyl groups is 2.